The summed E-state index contributed by atoms with van der Waals surface area (Å²) in [5.41, 5.74) is 6.42. The van der Waals surface area contributed by atoms with Gasteiger partial charge in [0.25, 0.3) is 11.8 Å². The summed E-state index contributed by atoms with van der Waals surface area (Å²) in [5.74, 6) is 1.51. The molecule has 2 fully saturated rings. The van der Waals surface area contributed by atoms with E-state index in [1.807, 2.05) is 78.9 Å². The van der Waals surface area contributed by atoms with Gasteiger partial charge in [0.05, 0.1) is 37.5 Å². The van der Waals surface area contributed by atoms with Gasteiger partial charge in [0, 0.05) is 18.7 Å². The molecule has 4 heterocycles. The van der Waals surface area contributed by atoms with E-state index in [4.69, 9.17) is 19.0 Å². The number of carbonyl (C=O) groups excluding carboxylic acids is 3. The zero-order valence-electron chi connectivity index (χ0n) is 33.5. The van der Waals surface area contributed by atoms with Crippen molar-refractivity contribution in [1.82, 2.24) is 30.1 Å². The average molecular weight is 810 g/mol. The van der Waals surface area contributed by atoms with Gasteiger partial charge in [0.1, 0.15) is 17.9 Å². The molecule has 8 rings (SSSR count). The number of nitrogens with one attached hydrogen (secondary N) is 2. The number of benzene rings is 4. The molecule has 308 valence electrons. The molecule has 2 aliphatic rings. The first-order valence-corrected chi connectivity index (χ1v) is 20.2. The molecule has 4 aromatic carbocycles. The number of nitrogens with zero attached hydrogens (tertiary/aromatic N) is 5. The van der Waals surface area contributed by atoms with Crippen molar-refractivity contribution >= 4 is 35.3 Å². The van der Waals surface area contributed by atoms with Gasteiger partial charge in [-0.2, -0.15) is 4.89 Å². The van der Waals surface area contributed by atoms with Crippen LogP contribution in [0.5, 0.6) is 0 Å². The van der Waals surface area contributed by atoms with E-state index in [9.17, 15) is 14.4 Å². The first kappa shape index (κ1) is 40.0. The van der Waals surface area contributed by atoms with Crippen LogP contribution in [0.3, 0.4) is 0 Å². The second kappa shape index (κ2) is 18.4. The molecule has 0 unspecified atom stereocenters. The van der Waals surface area contributed by atoms with Gasteiger partial charge < -0.3 is 34.1 Å². The molecule has 0 bridgehead atoms. The molecule has 14 heteroatoms. The van der Waals surface area contributed by atoms with Crippen LogP contribution in [-0.4, -0.2) is 76.4 Å². The van der Waals surface area contributed by atoms with Gasteiger partial charge >= 0.3 is 6.09 Å². The fraction of sp³-hybridized carbons (Fsp3) is 0.304. The van der Waals surface area contributed by atoms with E-state index in [0.717, 1.165) is 78.5 Å². The Labute approximate surface area is 347 Å². The van der Waals surface area contributed by atoms with Gasteiger partial charge in [-0.1, -0.05) is 91.0 Å². The summed E-state index contributed by atoms with van der Waals surface area (Å²) in [6.07, 6.45) is 7.00. The van der Waals surface area contributed by atoms with Gasteiger partial charge in [0.15, 0.2) is 11.8 Å². The van der Waals surface area contributed by atoms with Crippen LogP contribution in [0.1, 0.15) is 83.8 Å². The maximum Gasteiger partial charge on any atom is 0.407 e. The van der Waals surface area contributed by atoms with Crippen molar-refractivity contribution in [2.75, 3.05) is 27.3 Å². The number of likely N-dealkylation sites (tertiary alicyclic amines) is 2. The van der Waals surface area contributed by atoms with Crippen molar-refractivity contribution in [3.8, 4) is 11.3 Å². The Morgan fingerprint density at radius 2 is 1.52 bits per heavy atom. The predicted octanol–water partition coefficient (Wildman–Crippen LogP) is 7.78. The van der Waals surface area contributed by atoms with Gasteiger partial charge in [0.2, 0.25) is 12.3 Å². The van der Waals surface area contributed by atoms with Gasteiger partial charge in [-0.05, 0) is 72.9 Å². The van der Waals surface area contributed by atoms with E-state index in [1.165, 1.54) is 19.8 Å². The number of aliphatic imine (C=N–C) groups is 1. The molecule has 3 amide bonds. The first-order valence-electron chi connectivity index (χ1n) is 20.2. The molecule has 2 aliphatic heterocycles. The largest absolute Gasteiger partial charge is 0.453 e. The van der Waals surface area contributed by atoms with Crippen LogP contribution >= 0.6 is 0 Å². The monoisotopic (exact) mass is 809 g/mol. The lowest BCUT2D eigenvalue weighted by Crippen LogP contribution is -2.42. The Morgan fingerprint density at radius 3 is 2.23 bits per heavy atom. The van der Waals surface area contributed by atoms with Crippen LogP contribution in [0.4, 0.5) is 4.79 Å². The zero-order valence-corrected chi connectivity index (χ0v) is 33.5. The molecule has 60 heavy (non-hydrogen) atoms. The third-order valence-corrected chi connectivity index (χ3v) is 11.2. The lowest BCUT2D eigenvalue weighted by atomic mass is 10.0. The fourth-order valence-corrected chi connectivity index (χ4v) is 8.18. The number of H-pyrrole nitrogens is 1. The molecule has 0 spiro atoms. The lowest BCUT2D eigenvalue weighted by molar-refractivity contribution is -0.188. The number of ether oxygens (including phenoxy) is 1. The third-order valence-electron chi connectivity index (χ3n) is 11.2. The second-order valence-corrected chi connectivity index (χ2v) is 14.9. The SMILES string of the molecule is COOC=N[C@@H](C(=O)N1CCC[C@H]1c1ncc(-c2ccc(CCc3ccc4nc([C@@H]5CCCN5C(=O)[C@H](NC(=O)OC)c5ccccc5)[nH]c4c3)cc2)o1)c1ccccc1. The normalized spacial score (nSPS) is 17.6. The number of aromatic nitrogens is 3. The Morgan fingerprint density at radius 1 is 0.850 bits per heavy atom. The van der Waals surface area contributed by atoms with Crippen molar-refractivity contribution in [3.63, 3.8) is 0 Å². The minimum absolute atomic E-state index is 0.160. The quantitative estimate of drug-likeness (QED) is 0.0484. The average Bonchev–Trinajstić information content (AvgIpc) is 4.13. The smallest absolute Gasteiger partial charge is 0.407 e. The highest BCUT2D eigenvalue weighted by Crippen LogP contribution is 2.37. The summed E-state index contributed by atoms with van der Waals surface area (Å²) in [4.78, 5) is 70.5. The van der Waals surface area contributed by atoms with Crippen LogP contribution in [0.15, 0.2) is 119 Å². The van der Waals surface area contributed by atoms with Crippen LogP contribution in [0.25, 0.3) is 22.4 Å². The number of hydrogen-bond donors (Lipinski definition) is 2. The molecule has 0 radical (unpaired) electrons. The number of imidazole rings is 1. The van der Waals surface area contributed by atoms with E-state index in [2.05, 4.69) is 49.4 Å². The predicted molar refractivity (Wildman–Crippen MR) is 223 cm³/mol. The summed E-state index contributed by atoms with van der Waals surface area (Å²) in [6.45, 7) is 1.13. The van der Waals surface area contributed by atoms with Gasteiger partial charge in [-0.25, -0.2) is 19.8 Å². The van der Waals surface area contributed by atoms with E-state index in [-0.39, 0.29) is 23.9 Å². The van der Waals surface area contributed by atoms with Crippen LogP contribution in [0.2, 0.25) is 0 Å². The Hall–Kier alpha value is -6.80. The lowest BCUT2D eigenvalue weighted by Gasteiger charge is -2.28. The summed E-state index contributed by atoms with van der Waals surface area (Å²) in [6, 6.07) is 30.9. The highest BCUT2D eigenvalue weighted by molar-refractivity contribution is 5.88. The molecular formula is C46H47N7O7. The molecule has 2 saturated heterocycles. The maximum absolute atomic E-state index is 13.9. The molecule has 0 aliphatic carbocycles. The van der Waals surface area contributed by atoms with Crippen molar-refractivity contribution in [2.24, 2.45) is 4.99 Å². The second-order valence-electron chi connectivity index (χ2n) is 14.9. The van der Waals surface area contributed by atoms with E-state index in [1.54, 1.807) is 16.0 Å². The van der Waals surface area contributed by atoms with Crippen LogP contribution < -0.4 is 5.32 Å². The summed E-state index contributed by atoms with van der Waals surface area (Å²) in [7, 11) is 2.66. The van der Waals surface area contributed by atoms with Crippen molar-refractivity contribution < 1.29 is 33.3 Å². The van der Waals surface area contributed by atoms with E-state index in [0.29, 0.717) is 30.3 Å². The van der Waals surface area contributed by atoms with Crippen molar-refractivity contribution in [2.45, 2.75) is 62.7 Å². The van der Waals surface area contributed by atoms with E-state index < -0.39 is 18.2 Å². The van der Waals surface area contributed by atoms with Crippen molar-refractivity contribution in [3.05, 3.63) is 143 Å². The molecule has 6 aromatic rings. The molecule has 4 atom stereocenters. The number of fused-ring (bicyclic) bond motifs is 1. The highest BCUT2D eigenvalue weighted by Gasteiger charge is 2.38. The molecule has 14 nitrogen and oxygen atoms in total. The number of carbonyl (C=O) groups is 3. The number of amides is 3. The first-order chi connectivity index (χ1) is 29.4. The summed E-state index contributed by atoms with van der Waals surface area (Å²) in [5, 5.41) is 2.72. The number of aromatic amines is 1. The highest BCUT2D eigenvalue weighted by atomic mass is 17.2. The maximum atomic E-state index is 13.9. The Balaban J connectivity index is 0.904. The minimum atomic E-state index is -0.875. The molecule has 0 saturated carbocycles. The summed E-state index contributed by atoms with van der Waals surface area (Å²) >= 11 is 0. The number of aryl methyl sites for hydroxylation is 2. The van der Waals surface area contributed by atoms with Gasteiger partial charge in [-0.15, -0.1) is 0 Å². The van der Waals surface area contributed by atoms with Gasteiger partial charge in [-0.3, -0.25) is 9.59 Å². The number of hydrogen-bond acceptors (Lipinski definition) is 10. The topological polar surface area (TPSA) is 164 Å². The number of alkyl carbamates (subject to hydrolysis) is 1. The molecular weight excluding hydrogens is 763 g/mol. The number of oxazole rings is 1. The minimum Gasteiger partial charge on any atom is -0.453 e. The fourth-order valence-electron chi connectivity index (χ4n) is 8.18. The molecule has 2 N–H and O–H groups in total. The number of methoxy groups -OCH3 is 1. The number of rotatable bonds is 14. The Kier molecular flexibility index (Phi) is 12.3. The molecule has 2 aromatic heterocycles. The standard InChI is InChI=1S/C46H47N7O7/c1-57-46(56)51-41(34-13-7-4-8-14-34)45(55)52-25-9-15-37(52)42-49-35-24-21-31(27-36(35)50-42)18-17-30-19-22-32(23-20-30)39-28-47-43(60-39)38-16-10-26-53(38)44(54)40(48-29-59-58-2)33-11-5-3-6-12-33/h3-8,11-14,19-24,27-29,37-38,40-41H,9-10,15-18,25-26H2,1-2H3,(H,49,50)(H,51,56)/t37-,38-,40+,41+/m0/s1. The third kappa shape index (κ3) is 8.78. The zero-order chi connectivity index (χ0) is 41.4. The summed E-state index contributed by atoms with van der Waals surface area (Å²) < 4.78 is 11.1. The van der Waals surface area contributed by atoms with Crippen LogP contribution in [0, 0.1) is 0 Å². The van der Waals surface area contributed by atoms with E-state index >= 15 is 0 Å². The van der Waals surface area contributed by atoms with Crippen LogP contribution in [-0.2, 0) is 36.9 Å². The Bertz CT molecular complexity index is 2430. The van der Waals surface area contributed by atoms with Crippen molar-refractivity contribution in [1.29, 1.82) is 0 Å².